The van der Waals surface area contributed by atoms with Crippen molar-refractivity contribution in [1.82, 2.24) is 4.57 Å². The second-order valence-electron chi connectivity index (χ2n) is 10.8. The third-order valence-electron chi connectivity index (χ3n) is 7.58. The summed E-state index contributed by atoms with van der Waals surface area (Å²) < 4.78 is 35.4. The van der Waals surface area contributed by atoms with Gasteiger partial charge >= 0.3 is 11.9 Å². The largest absolute Gasteiger partial charge is 0.490 e. The fourth-order valence-corrected chi connectivity index (χ4v) is 6.55. The van der Waals surface area contributed by atoms with E-state index in [1.165, 1.54) is 23.0 Å². The normalized spacial score (nSPS) is 14.0. The Bertz CT molecular complexity index is 2100. The molecule has 3 aromatic carbocycles. The highest BCUT2D eigenvalue weighted by Gasteiger charge is 2.34. The number of carbonyl (C=O) groups excluding carboxylic acids is 2. The molecule has 0 saturated heterocycles. The number of hydrogen-bond acceptors (Lipinski definition) is 11. The number of rotatable bonds is 14. The molecule has 0 unspecified atom stereocenters. The van der Waals surface area contributed by atoms with E-state index in [4.69, 9.17) is 35.3 Å². The van der Waals surface area contributed by atoms with E-state index >= 15 is 0 Å². The van der Waals surface area contributed by atoms with Gasteiger partial charge in [-0.3, -0.25) is 9.36 Å². The lowest BCUT2D eigenvalue weighted by atomic mass is 9.95. The fraction of sp³-hybridized carbons (Fsp3) is 0.297. The summed E-state index contributed by atoms with van der Waals surface area (Å²) in [6.07, 6.45) is 1.75. The highest BCUT2D eigenvalue weighted by molar-refractivity contribution is 7.07. The van der Waals surface area contributed by atoms with Gasteiger partial charge in [0.15, 0.2) is 34.4 Å². The number of allylic oxidation sites excluding steroid dienone is 1. The molecule has 5 rings (SSSR count). The van der Waals surface area contributed by atoms with Crippen LogP contribution in [0, 0.1) is 0 Å². The SMILES string of the molecule is CCOC(=O)C1=C(C)N=c2s/c(=C\c3ccc(OCc4ccccc4Cl)c(OCC)c3)c(=O)n2[C@@H]1c1ccc(OCC(=O)OC)c(OCC)c1. The number of carbonyl (C=O) groups is 2. The zero-order valence-corrected chi connectivity index (χ0v) is 29.9. The molecular weight excluding hydrogens is 684 g/mol. The van der Waals surface area contributed by atoms with E-state index in [2.05, 4.69) is 9.73 Å². The molecule has 0 saturated carbocycles. The number of esters is 2. The third-order valence-corrected chi connectivity index (χ3v) is 8.93. The minimum atomic E-state index is -0.888. The van der Waals surface area contributed by atoms with Gasteiger partial charge in [-0.1, -0.05) is 53.3 Å². The summed E-state index contributed by atoms with van der Waals surface area (Å²) in [4.78, 5) is 44.4. The molecule has 0 spiro atoms. The molecule has 1 aromatic heterocycles. The van der Waals surface area contributed by atoms with Crippen LogP contribution < -0.4 is 33.8 Å². The summed E-state index contributed by atoms with van der Waals surface area (Å²) in [6.45, 7) is 7.88. The second-order valence-corrected chi connectivity index (χ2v) is 12.2. The second kappa shape index (κ2) is 16.6. The zero-order chi connectivity index (χ0) is 35.8. The van der Waals surface area contributed by atoms with Crippen molar-refractivity contribution in [3.8, 4) is 23.0 Å². The summed E-state index contributed by atoms with van der Waals surface area (Å²) in [5.74, 6) is 0.525. The average molecular weight is 721 g/mol. The molecule has 0 N–H and O–H groups in total. The first kappa shape index (κ1) is 36.2. The van der Waals surface area contributed by atoms with Crippen LogP contribution in [-0.2, 0) is 25.7 Å². The first-order valence-electron chi connectivity index (χ1n) is 16.0. The third kappa shape index (κ3) is 8.03. The Kier molecular flexibility index (Phi) is 12.0. The Labute approximate surface area is 297 Å². The molecule has 0 fully saturated rings. The maximum atomic E-state index is 14.2. The standard InChI is InChI=1S/C37H37ClN2O9S/c1-6-45-29-17-23(13-15-27(29)48-20-25-11-9-10-12-26(25)38)18-31-35(42)40-34(33(36(43)47-8-3)22(4)39-37(40)50-31)24-14-16-28(30(19-24)46-7-2)49-21-32(41)44-5/h9-19,34H,6-8,20-21H2,1-5H3/b31-18-/t34-/m1/s1. The number of halogens is 1. The van der Waals surface area contributed by atoms with Crippen molar-refractivity contribution in [3.05, 3.63) is 113 Å². The lowest BCUT2D eigenvalue weighted by Gasteiger charge is -2.25. The first-order chi connectivity index (χ1) is 24.2. The predicted octanol–water partition coefficient (Wildman–Crippen LogP) is 5.38. The zero-order valence-electron chi connectivity index (χ0n) is 28.3. The van der Waals surface area contributed by atoms with Crippen LogP contribution in [0.4, 0.5) is 0 Å². The van der Waals surface area contributed by atoms with Gasteiger partial charge in [-0.15, -0.1) is 0 Å². The number of ether oxygens (including phenoxy) is 6. The molecule has 0 radical (unpaired) electrons. The molecule has 4 aromatic rings. The molecule has 2 heterocycles. The number of hydrogen-bond donors (Lipinski definition) is 0. The molecule has 13 heteroatoms. The van der Waals surface area contributed by atoms with Crippen molar-refractivity contribution in [3.63, 3.8) is 0 Å². The minimum Gasteiger partial charge on any atom is -0.490 e. The molecule has 0 bridgehead atoms. The minimum absolute atomic E-state index is 0.136. The van der Waals surface area contributed by atoms with E-state index < -0.39 is 18.0 Å². The van der Waals surface area contributed by atoms with Crippen LogP contribution in [0.5, 0.6) is 23.0 Å². The van der Waals surface area contributed by atoms with Crippen molar-refractivity contribution in [2.24, 2.45) is 4.99 Å². The smallest absolute Gasteiger partial charge is 0.343 e. The number of aromatic nitrogens is 1. The molecule has 0 aliphatic carbocycles. The van der Waals surface area contributed by atoms with Gasteiger partial charge in [0, 0.05) is 10.6 Å². The van der Waals surface area contributed by atoms with E-state index in [1.807, 2.05) is 38.1 Å². The van der Waals surface area contributed by atoms with Crippen LogP contribution in [-0.4, -0.2) is 50.0 Å². The van der Waals surface area contributed by atoms with Gasteiger partial charge in [0.25, 0.3) is 5.56 Å². The van der Waals surface area contributed by atoms with Gasteiger partial charge in [0.2, 0.25) is 0 Å². The Hall–Kier alpha value is -5.07. The van der Waals surface area contributed by atoms with Crippen molar-refractivity contribution >= 4 is 41.0 Å². The monoisotopic (exact) mass is 720 g/mol. The molecule has 50 heavy (non-hydrogen) atoms. The van der Waals surface area contributed by atoms with Crippen molar-refractivity contribution in [1.29, 1.82) is 0 Å². The molecule has 262 valence electrons. The van der Waals surface area contributed by atoms with Crippen molar-refractivity contribution in [2.45, 2.75) is 40.3 Å². The molecule has 1 aliphatic heterocycles. The summed E-state index contributed by atoms with van der Waals surface area (Å²) >= 11 is 7.51. The van der Waals surface area contributed by atoms with Crippen LogP contribution in [0.1, 0.15) is 50.4 Å². The van der Waals surface area contributed by atoms with E-state index in [1.54, 1.807) is 56.3 Å². The predicted molar refractivity (Wildman–Crippen MR) is 189 cm³/mol. The number of benzene rings is 3. The van der Waals surface area contributed by atoms with Gasteiger partial charge in [0.1, 0.15) is 6.61 Å². The number of thiazole rings is 1. The molecule has 1 atom stereocenters. The number of methoxy groups -OCH3 is 1. The first-order valence-corrected chi connectivity index (χ1v) is 17.2. The van der Waals surface area contributed by atoms with Gasteiger partial charge in [-0.05, 0) is 75.2 Å². The highest BCUT2D eigenvalue weighted by atomic mass is 35.5. The highest BCUT2D eigenvalue weighted by Crippen LogP contribution is 2.37. The fourth-order valence-electron chi connectivity index (χ4n) is 5.31. The van der Waals surface area contributed by atoms with Crippen LogP contribution >= 0.6 is 22.9 Å². The van der Waals surface area contributed by atoms with Crippen LogP contribution in [0.15, 0.2) is 81.7 Å². The van der Waals surface area contributed by atoms with Gasteiger partial charge in [0.05, 0.1) is 48.8 Å². The van der Waals surface area contributed by atoms with E-state index in [9.17, 15) is 14.4 Å². The topological polar surface area (TPSA) is 124 Å². The quantitative estimate of drug-likeness (QED) is 0.158. The summed E-state index contributed by atoms with van der Waals surface area (Å²) in [6, 6.07) is 17.0. The van der Waals surface area contributed by atoms with Crippen LogP contribution in [0.25, 0.3) is 6.08 Å². The summed E-state index contributed by atoms with van der Waals surface area (Å²) in [7, 11) is 1.27. The summed E-state index contributed by atoms with van der Waals surface area (Å²) in [5, 5.41) is 0.606. The molecule has 1 aliphatic rings. The maximum absolute atomic E-state index is 14.2. The van der Waals surface area contributed by atoms with Crippen molar-refractivity contribution in [2.75, 3.05) is 33.5 Å². The lowest BCUT2D eigenvalue weighted by Crippen LogP contribution is -2.40. The Morgan fingerprint density at radius 2 is 1.60 bits per heavy atom. The van der Waals surface area contributed by atoms with Gasteiger partial charge < -0.3 is 28.4 Å². The summed E-state index contributed by atoms with van der Waals surface area (Å²) in [5.41, 5.74) is 2.38. The van der Waals surface area contributed by atoms with Crippen LogP contribution in [0.3, 0.4) is 0 Å². The Morgan fingerprint density at radius 1 is 0.900 bits per heavy atom. The number of fused-ring (bicyclic) bond motifs is 1. The average Bonchev–Trinajstić information content (AvgIpc) is 3.40. The van der Waals surface area contributed by atoms with E-state index in [0.29, 0.717) is 67.4 Å². The van der Waals surface area contributed by atoms with Crippen molar-refractivity contribution < 1.29 is 38.0 Å². The maximum Gasteiger partial charge on any atom is 0.343 e. The molecule has 0 amide bonds. The van der Waals surface area contributed by atoms with E-state index in [-0.39, 0.29) is 31.0 Å². The number of nitrogens with zero attached hydrogens (tertiary/aromatic N) is 2. The van der Waals surface area contributed by atoms with E-state index in [0.717, 1.165) is 5.56 Å². The van der Waals surface area contributed by atoms with Crippen LogP contribution in [0.2, 0.25) is 5.02 Å². The van der Waals surface area contributed by atoms with Gasteiger partial charge in [-0.2, -0.15) is 0 Å². The van der Waals surface area contributed by atoms with Gasteiger partial charge in [-0.25, -0.2) is 14.6 Å². The molecular formula is C37H37ClN2O9S. The lowest BCUT2D eigenvalue weighted by molar-refractivity contribution is -0.143. The Balaban J connectivity index is 1.57. The Morgan fingerprint density at radius 3 is 2.30 bits per heavy atom. The molecule has 11 nitrogen and oxygen atoms in total.